The lowest BCUT2D eigenvalue weighted by Crippen LogP contribution is -2.35. The number of nitrogens with one attached hydrogen (secondary N) is 2. The Morgan fingerprint density at radius 3 is 2.96 bits per heavy atom. The summed E-state index contributed by atoms with van der Waals surface area (Å²) in [6.45, 7) is 2.31. The molecule has 4 heterocycles. The van der Waals surface area contributed by atoms with Crippen LogP contribution in [-0.4, -0.2) is 31.4 Å². The lowest BCUT2D eigenvalue weighted by atomic mass is 10.1. The number of hydrogen-bond donors (Lipinski definition) is 2. The van der Waals surface area contributed by atoms with Crippen LogP contribution >= 0.6 is 0 Å². The van der Waals surface area contributed by atoms with Crippen molar-refractivity contribution >= 4 is 10.9 Å². The van der Waals surface area contributed by atoms with Gasteiger partial charge >= 0.3 is 0 Å². The Morgan fingerprint density at radius 2 is 2.07 bits per heavy atom. The topological polar surface area (TPSA) is 77.7 Å². The standard InChI is InChI=1S/C21H19N5O/c27-21-17-13-26(12-15-11-23-18-6-2-1-5-16(15)18)9-7-19(17)24-20(25-21)14-4-3-8-22-10-14/h1-6,8,10-11,23H,7,9,12-13H2,(H,24,25,27). The summed E-state index contributed by atoms with van der Waals surface area (Å²) in [6.07, 6.45) is 6.27. The van der Waals surface area contributed by atoms with Crippen LogP contribution in [0.4, 0.5) is 0 Å². The summed E-state index contributed by atoms with van der Waals surface area (Å²) in [5.41, 5.74) is 4.85. The van der Waals surface area contributed by atoms with E-state index in [-0.39, 0.29) is 5.56 Å². The zero-order valence-electron chi connectivity index (χ0n) is 14.8. The van der Waals surface area contributed by atoms with Crippen LogP contribution in [0.15, 0.2) is 59.8 Å². The lowest BCUT2D eigenvalue weighted by molar-refractivity contribution is 0.242. The fourth-order valence-electron chi connectivity index (χ4n) is 3.76. The highest BCUT2D eigenvalue weighted by Gasteiger charge is 2.22. The van der Waals surface area contributed by atoms with E-state index in [0.717, 1.165) is 41.8 Å². The predicted molar refractivity (Wildman–Crippen MR) is 104 cm³/mol. The summed E-state index contributed by atoms with van der Waals surface area (Å²) < 4.78 is 0. The van der Waals surface area contributed by atoms with E-state index >= 15 is 0 Å². The molecule has 1 aliphatic heterocycles. The first kappa shape index (κ1) is 16.0. The number of rotatable bonds is 3. The van der Waals surface area contributed by atoms with Crippen molar-refractivity contribution in [3.8, 4) is 11.4 Å². The molecule has 0 atom stereocenters. The molecule has 0 spiro atoms. The van der Waals surface area contributed by atoms with Crippen molar-refractivity contribution in [1.29, 1.82) is 0 Å². The van der Waals surface area contributed by atoms with Gasteiger partial charge in [-0.1, -0.05) is 18.2 Å². The first-order valence-electron chi connectivity index (χ1n) is 9.08. The Bertz CT molecular complexity index is 1160. The van der Waals surface area contributed by atoms with Gasteiger partial charge in [0.05, 0.1) is 11.3 Å². The SMILES string of the molecule is O=c1[nH]c(-c2cccnc2)nc2c1CN(Cc1c[nH]c3ccccc13)CC2. The number of nitrogens with zero attached hydrogens (tertiary/aromatic N) is 3. The Labute approximate surface area is 155 Å². The molecule has 3 aromatic heterocycles. The van der Waals surface area contributed by atoms with Gasteiger partial charge in [0, 0.05) is 61.1 Å². The molecule has 0 radical (unpaired) electrons. The van der Waals surface area contributed by atoms with Crippen molar-refractivity contribution in [3.05, 3.63) is 82.2 Å². The molecule has 0 fully saturated rings. The molecule has 5 rings (SSSR count). The van der Waals surface area contributed by atoms with Crippen LogP contribution in [0.5, 0.6) is 0 Å². The zero-order chi connectivity index (χ0) is 18.2. The van der Waals surface area contributed by atoms with Crippen LogP contribution < -0.4 is 5.56 Å². The minimum Gasteiger partial charge on any atom is -0.361 e. The summed E-state index contributed by atoms with van der Waals surface area (Å²) in [5, 5.41) is 1.24. The molecule has 0 saturated carbocycles. The summed E-state index contributed by atoms with van der Waals surface area (Å²) in [5.74, 6) is 0.594. The van der Waals surface area contributed by atoms with Gasteiger partial charge in [0.15, 0.2) is 0 Å². The third-order valence-corrected chi connectivity index (χ3v) is 5.15. The van der Waals surface area contributed by atoms with Gasteiger partial charge in [0.2, 0.25) is 0 Å². The van der Waals surface area contributed by atoms with Crippen molar-refractivity contribution in [3.63, 3.8) is 0 Å². The third kappa shape index (κ3) is 2.94. The van der Waals surface area contributed by atoms with Crippen molar-refractivity contribution in [2.75, 3.05) is 6.54 Å². The van der Waals surface area contributed by atoms with Gasteiger partial charge in [-0.2, -0.15) is 0 Å². The highest BCUT2D eigenvalue weighted by Crippen LogP contribution is 2.23. The van der Waals surface area contributed by atoms with Gasteiger partial charge in [-0.25, -0.2) is 4.98 Å². The van der Waals surface area contributed by atoms with Crippen LogP contribution in [0.3, 0.4) is 0 Å². The van der Waals surface area contributed by atoms with E-state index in [9.17, 15) is 4.79 Å². The normalized spacial score (nSPS) is 14.4. The quantitative estimate of drug-likeness (QED) is 0.591. The predicted octanol–water partition coefficient (Wildman–Crippen LogP) is 2.87. The minimum atomic E-state index is -0.0533. The molecular formula is C21H19N5O. The molecule has 27 heavy (non-hydrogen) atoms. The monoisotopic (exact) mass is 357 g/mol. The van der Waals surface area contributed by atoms with Gasteiger partial charge in [-0.05, 0) is 23.8 Å². The number of hydrogen-bond acceptors (Lipinski definition) is 4. The average Bonchev–Trinajstić information content (AvgIpc) is 3.12. The summed E-state index contributed by atoms with van der Waals surface area (Å²) in [7, 11) is 0. The fraction of sp³-hybridized carbons (Fsp3) is 0.190. The molecule has 0 saturated heterocycles. The number of H-pyrrole nitrogens is 2. The number of fused-ring (bicyclic) bond motifs is 2. The maximum atomic E-state index is 12.7. The Hall–Kier alpha value is -3.25. The molecule has 6 nitrogen and oxygen atoms in total. The Morgan fingerprint density at radius 1 is 1.15 bits per heavy atom. The van der Waals surface area contributed by atoms with Gasteiger partial charge < -0.3 is 9.97 Å². The number of aromatic nitrogens is 4. The summed E-state index contributed by atoms with van der Waals surface area (Å²) in [4.78, 5) is 30.0. The zero-order valence-corrected chi connectivity index (χ0v) is 14.8. The number of benzene rings is 1. The first-order valence-corrected chi connectivity index (χ1v) is 9.08. The second-order valence-corrected chi connectivity index (χ2v) is 6.90. The van der Waals surface area contributed by atoms with Gasteiger partial charge in [-0.15, -0.1) is 0 Å². The first-order chi connectivity index (χ1) is 13.3. The highest BCUT2D eigenvalue weighted by atomic mass is 16.1. The fourth-order valence-corrected chi connectivity index (χ4v) is 3.76. The molecule has 1 aliphatic rings. The van der Waals surface area contributed by atoms with Crippen LogP contribution in [0.1, 0.15) is 16.8 Å². The number of pyridine rings is 1. The molecule has 134 valence electrons. The Balaban J connectivity index is 1.42. The third-order valence-electron chi connectivity index (χ3n) is 5.15. The van der Waals surface area contributed by atoms with Gasteiger partial charge in [0.25, 0.3) is 5.56 Å². The van der Waals surface area contributed by atoms with Crippen molar-refractivity contribution in [2.24, 2.45) is 0 Å². The van der Waals surface area contributed by atoms with Crippen LogP contribution in [0, 0.1) is 0 Å². The number of para-hydroxylation sites is 1. The van der Waals surface area contributed by atoms with E-state index in [0.29, 0.717) is 12.4 Å². The molecule has 6 heteroatoms. The van der Waals surface area contributed by atoms with Crippen LogP contribution in [-0.2, 0) is 19.5 Å². The van der Waals surface area contributed by atoms with E-state index in [2.05, 4.69) is 44.2 Å². The molecule has 0 amide bonds. The van der Waals surface area contributed by atoms with E-state index in [1.807, 2.05) is 18.2 Å². The van der Waals surface area contributed by atoms with Crippen LogP contribution in [0.2, 0.25) is 0 Å². The lowest BCUT2D eigenvalue weighted by Gasteiger charge is -2.27. The summed E-state index contributed by atoms with van der Waals surface area (Å²) >= 11 is 0. The molecular weight excluding hydrogens is 338 g/mol. The molecule has 4 aromatic rings. The van der Waals surface area contributed by atoms with Crippen LogP contribution in [0.25, 0.3) is 22.3 Å². The second kappa shape index (κ2) is 6.48. The molecule has 1 aromatic carbocycles. The molecule has 0 unspecified atom stereocenters. The van der Waals surface area contributed by atoms with Crippen molar-refractivity contribution in [2.45, 2.75) is 19.5 Å². The maximum Gasteiger partial charge on any atom is 0.255 e. The largest absolute Gasteiger partial charge is 0.361 e. The smallest absolute Gasteiger partial charge is 0.255 e. The minimum absolute atomic E-state index is 0.0533. The van der Waals surface area contributed by atoms with Gasteiger partial charge in [0.1, 0.15) is 5.82 Å². The van der Waals surface area contributed by atoms with Crippen molar-refractivity contribution < 1.29 is 0 Å². The maximum absolute atomic E-state index is 12.7. The van der Waals surface area contributed by atoms with E-state index < -0.39 is 0 Å². The number of aromatic amines is 2. The average molecular weight is 357 g/mol. The molecule has 0 bridgehead atoms. The van der Waals surface area contributed by atoms with Gasteiger partial charge in [-0.3, -0.25) is 14.7 Å². The van der Waals surface area contributed by atoms with E-state index in [1.54, 1.807) is 12.4 Å². The Kier molecular flexibility index (Phi) is 3.83. The highest BCUT2D eigenvalue weighted by molar-refractivity contribution is 5.82. The summed E-state index contributed by atoms with van der Waals surface area (Å²) in [6, 6.07) is 12.1. The second-order valence-electron chi connectivity index (χ2n) is 6.90. The molecule has 2 N–H and O–H groups in total. The van der Waals surface area contributed by atoms with Crippen molar-refractivity contribution in [1.82, 2.24) is 24.8 Å². The van der Waals surface area contributed by atoms with E-state index in [1.165, 1.54) is 10.9 Å². The van der Waals surface area contributed by atoms with E-state index in [4.69, 9.17) is 4.98 Å². The molecule has 0 aliphatic carbocycles.